The quantitative estimate of drug-likeness (QED) is 0.755. The van der Waals surface area contributed by atoms with Crippen molar-refractivity contribution in [2.24, 2.45) is 17.8 Å². The maximum atomic E-state index is 12.6. The molecule has 22 heavy (non-hydrogen) atoms. The van der Waals surface area contributed by atoms with Crippen LogP contribution in [0.4, 0.5) is 0 Å². The van der Waals surface area contributed by atoms with E-state index in [0.29, 0.717) is 23.5 Å². The number of hydrogen-bond acceptors (Lipinski definition) is 2. The molecule has 0 aromatic heterocycles. The van der Waals surface area contributed by atoms with Crippen LogP contribution in [0.1, 0.15) is 44.6 Å². The molecule has 0 radical (unpaired) electrons. The van der Waals surface area contributed by atoms with E-state index in [1.165, 1.54) is 12.8 Å². The smallest absolute Gasteiger partial charge is 0.154 e. The highest BCUT2D eigenvalue weighted by atomic mass is 32.2. The van der Waals surface area contributed by atoms with Gasteiger partial charge < -0.3 is 0 Å². The van der Waals surface area contributed by atoms with Crippen LogP contribution in [0.15, 0.2) is 42.0 Å². The summed E-state index contributed by atoms with van der Waals surface area (Å²) >= 11 is 0. The van der Waals surface area contributed by atoms with Crippen molar-refractivity contribution in [3.8, 4) is 0 Å². The fourth-order valence-corrected chi connectivity index (χ4v) is 6.11. The van der Waals surface area contributed by atoms with Gasteiger partial charge in [0.2, 0.25) is 0 Å². The Morgan fingerprint density at radius 1 is 1.14 bits per heavy atom. The Morgan fingerprint density at radius 3 is 2.64 bits per heavy atom. The first-order chi connectivity index (χ1) is 10.6. The molecule has 0 spiro atoms. The zero-order chi connectivity index (χ0) is 15.6. The van der Waals surface area contributed by atoms with E-state index < -0.39 is 9.84 Å². The summed E-state index contributed by atoms with van der Waals surface area (Å²) in [6, 6.07) is 9.57. The van der Waals surface area contributed by atoms with Crippen LogP contribution < -0.4 is 0 Å². The molecule has 3 atom stereocenters. The van der Waals surface area contributed by atoms with Gasteiger partial charge >= 0.3 is 0 Å². The molecule has 2 bridgehead atoms. The lowest BCUT2D eigenvalue weighted by atomic mass is 9.68. The number of hydrogen-bond donors (Lipinski definition) is 0. The van der Waals surface area contributed by atoms with Crippen LogP contribution in [0.25, 0.3) is 0 Å². The summed E-state index contributed by atoms with van der Waals surface area (Å²) in [5.74, 6) is 2.22. The van der Waals surface area contributed by atoms with Crippen molar-refractivity contribution in [2.75, 3.05) is 5.75 Å². The topological polar surface area (TPSA) is 34.1 Å². The minimum absolute atomic E-state index is 0.191. The highest BCUT2D eigenvalue weighted by Gasteiger charge is 2.35. The van der Waals surface area contributed by atoms with Crippen LogP contribution in [0.3, 0.4) is 0 Å². The summed E-state index contributed by atoms with van der Waals surface area (Å²) in [5, 5.41) is 0. The summed E-state index contributed by atoms with van der Waals surface area (Å²) in [4.78, 5) is 0. The van der Waals surface area contributed by atoms with Crippen LogP contribution >= 0.6 is 0 Å². The third kappa shape index (κ3) is 3.81. The van der Waals surface area contributed by atoms with Crippen LogP contribution in [-0.4, -0.2) is 14.2 Å². The molecule has 3 unspecified atom stereocenters. The Bertz CT molecular complexity index is 631. The van der Waals surface area contributed by atoms with Crippen LogP contribution in [0, 0.1) is 17.8 Å². The van der Waals surface area contributed by atoms with Gasteiger partial charge in [0.25, 0.3) is 0 Å². The first kappa shape index (κ1) is 15.8. The minimum atomic E-state index is -3.01. The molecule has 1 saturated carbocycles. The summed E-state index contributed by atoms with van der Waals surface area (Å²) in [6.45, 7) is 2.22. The molecule has 1 aromatic rings. The lowest BCUT2D eigenvalue weighted by molar-refractivity contribution is 0.203. The Kier molecular flexibility index (Phi) is 4.72. The van der Waals surface area contributed by atoms with E-state index in [2.05, 4.69) is 13.0 Å². The Labute approximate surface area is 134 Å². The maximum absolute atomic E-state index is 12.6. The zero-order valence-electron chi connectivity index (χ0n) is 13.4. The van der Waals surface area contributed by atoms with E-state index in [4.69, 9.17) is 0 Å². The molecule has 1 aromatic carbocycles. The number of benzene rings is 1. The molecule has 3 rings (SSSR count). The third-order valence-electron chi connectivity index (χ3n) is 5.33. The van der Waals surface area contributed by atoms with Crippen LogP contribution in [0.2, 0.25) is 0 Å². The average Bonchev–Trinajstić information content (AvgIpc) is 2.50. The maximum Gasteiger partial charge on any atom is 0.154 e. The minimum Gasteiger partial charge on any atom is -0.228 e. The average molecular weight is 318 g/mol. The largest absolute Gasteiger partial charge is 0.228 e. The van der Waals surface area contributed by atoms with Crippen molar-refractivity contribution in [1.82, 2.24) is 0 Å². The predicted octanol–water partition coefficient (Wildman–Crippen LogP) is 4.37. The van der Waals surface area contributed by atoms with Crippen molar-refractivity contribution < 1.29 is 8.42 Å². The standard InChI is InChI=1S/C19H26O2S/c1-2-15-10-17-8-9-18(19(11-15)12-17)14-22(20,21)13-16-6-4-3-5-7-16/h3-7,10,17-19H,2,8-9,11-14H2,1H3. The second-order valence-corrected chi connectivity index (χ2v) is 9.13. The molecular weight excluding hydrogens is 292 g/mol. The molecular formula is C19H26O2S. The van der Waals surface area contributed by atoms with Gasteiger partial charge in [-0.25, -0.2) is 8.42 Å². The van der Waals surface area contributed by atoms with Crippen molar-refractivity contribution in [3.63, 3.8) is 0 Å². The fraction of sp³-hybridized carbons (Fsp3) is 0.579. The lowest BCUT2D eigenvalue weighted by Crippen LogP contribution is -2.32. The molecule has 0 N–H and O–H groups in total. The van der Waals surface area contributed by atoms with E-state index in [-0.39, 0.29) is 5.75 Å². The molecule has 1 fully saturated rings. The molecule has 120 valence electrons. The van der Waals surface area contributed by atoms with Gasteiger partial charge in [-0.2, -0.15) is 0 Å². The summed E-state index contributed by atoms with van der Waals surface area (Å²) in [6.07, 6.45) is 8.16. The number of rotatable bonds is 5. The van der Waals surface area contributed by atoms with Crippen molar-refractivity contribution in [1.29, 1.82) is 0 Å². The fourth-order valence-electron chi connectivity index (χ4n) is 4.20. The molecule has 3 heteroatoms. The van der Waals surface area contributed by atoms with Crippen molar-refractivity contribution >= 4 is 9.84 Å². The SMILES string of the molecule is CCC1=CC2CCC(CS(=O)(=O)Cc3ccccc3)C(C1)C2. The molecule has 0 aliphatic heterocycles. The van der Waals surface area contributed by atoms with Gasteiger partial charge in [0.05, 0.1) is 11.5 Å². The van der Waals surface area contributed by atoms with Gasteiger partial charge in [-0.15, -0.1) is 0 Å². The molecule has 0 heterocycles. The van der Waals surface area contributed by atoms with Crippen LogP contribution in [-0.2, 0) is 15.6 Å². The normalized spacial score (nSPS) is 28.2. The Hall–Kier alpha value is -1.09. The van der Waals surface area contributed by atoms with E-state index in [1.807, 2.05) is 30.3 Å². The first-order valence-electron chi connectivity index (χ1n) is 8.49. The monoisotopic (exact) mass is 318 g/mol. The third-order valence-corrected chi connectivity index (χ3v) is 7.04. The molecule has 0 amide bonds. The summed E-state index contributed by atoms with van der Waals surface area (Å²) in [7, 11) is -3.01. The number of allylic oxidation sites excluding steroid dienone is 2. The Morgan fingerprint density at radius 2 is 1.91 bits per heavy atom. The lowest BCUT2D eigenvalue weighted by Gasteiger charge is -2.39. The van der Waals surface area contributed by atoms with E-state index in [0.717, 1.165) is 24.8 Å². The van der Waals surface area contributed by atoms with Gasteiger partial charge in [-0.05, 0) is 55.4 Å². The van der Waals surface area contributed by atoms with Gasteiger partial charge in [-0.3, -0.25) is 0 Å². The van der Waals surface area contributed by atoms with Gasteiger partial charge in [0.1, 0.15) is 0 Å². The van der Waals surface area contributed by atoms with Crippen LogP contribution in [0.5, 0.6) is 0 Å². The summed E-state index contributed by atoms with van der Waals surface area (Å²) < 4.78 is 25.1. The molecule has 2 aliphatic rings. The van der Waals surface area contributed by atoms with Gasteiger partial charge in [-0.1, -0.05) is 48.9 Å². The zero-order valence-corrected chi connectivity index (χ0v) is 14.2. The van der Waals surface area contributed by atoms with E-state index in [1.54, 1.807) is 5.57 Å². The number of fused-ring (bicyclic) bond motifs is 2. The number of sulfone groups is 1. The van der Waals surface area contributed by atoms with E-state index >= 15 is 0 Å². The highest BCUT2D eigenvalue weighted by Crippen LogP contribution is 2.43. The van der Waals surface area contributed by atoms with Crippen molar-refractivity contribution in [3.05, 3.63) is 47.5 Å². The predicted molar refractivity (Wildman–Crippen MR) is 91.2 cm³/mol. The van der Waals surface area contributed by atoms with E-state index in [9.17, 15) is 8.42 Å². The molecule has 0 saturated heterocycles. The van der Waals surface area contributed by atoms with Crippen molar-refractivity contribution in [2.45, 2.75) is 44.8 Å². The highest BCUT2D eigenvalue weighted by molar-refractivity contribution is 7.90. The molecule has 2 aliphatic carbocycles. The second-order valence-electron chi connectivity index (χ2n) is 7.02. The second kappa shape index (κ2) is 6.57. The summed E-state index contributed by atoms with van der Waals surface area (Å²) in [5.41, 5.74) is 2.46. The van der Waals surface area contributed by atoms with Gasteiger partial charge in [0.15, 0.2) is 9.84 Å². The Balaban J connectivity index is 1.67. The van der Waals surface area contributed by atoms with Gasteiger partial charge in [0, 0.05) is 0 Å². The molecule has 2 nitrogen and oxygen atoms in total. The first-order valence-corrected chi connectivity index (χ1v) is 10.3.